The van der Waals surface area contributed by atoms with E-state index in [9.17, 15) is 18.4 Å². The number of halogens is 3. The molecule has 2 spiro atoms. The van der Waals surface area contributed by atoms with Crippen molar-refractivity contribution in [3.05, 3.63) is 53.1 Å². The smallest absolute Gasteiger partial charge is 0.417 e. The molecule has 2 unspecified atom stereocenters. The molecule has 6 nitrogen and oxygen atoms in total. The van der Waals surface area contributed by atoms with Crippen molar-refractivity contribution >= 4 is 5.96 Å². The summed E-state index contributed by atoms with van der Waals surface area (Å²) in [6, 6.07) is 10.3. The van der Waals surface area contributed by atoms with Gasteiger partial charge in [0.15, 0.2) is 5.96 Å². The van der Waals surface area contributed by atoms with Gasteiger partial charge in [0.1, 0.15) is 16.9 Å². The number of hydrogen-bond acceptors (Lipinski definition) is 6. The molecule has 3 aliphatic rings. The van der Waals surface area contributed by atoms with Crippen LogP contribution in [-0.2, 0) is 16.5 Å². The highest BCUT2D eigenvalue weighted by atomic mass is 19.4. The van der Waals surface area contributed by atoms with E-state index >= 15 is 0 Å². The number of likely N-dealkylation sites (N-methyl/N-ethyl adjacent to an activating group) is 1. The molecular formula is C24H23F3N4O2. The number of alkyl halides is 3. The summed E-state index contributed by atoms with van der Waals surface area (Å²) in [5.41, 5.74) is 5.18. The molecule has 172 valence electrons. The van der Waals surface area contributed by atoms with Gasteiger partial charge in [-0.25, -0.2) is 4.99 Å². The highest BCUT2D eigenvalue weighted by Gasteiger charge is 2.53. The van der Waals surface area contributed by atoms with E-state index in [0.717, 1.165) is 18.9 Å². The Kier molecular flexibility index (Phi) is 4.83. The zero-order valence-electron chi connectivity index (χ0n) is 18.1. The molecule has 0 bridgehead atoms. The fourth-order valence-corrected chi connectivity index (χ4v) is 5.25. The van der Waals surface area contributed by atoms with E-state index < -0.39 is 22.9 Å². The number of benzene rings is 2. The Morgan fingerprint density at radius 2 is 2.03 bits per heavy atom. The number of ether oxygens (including phenoxy) is 2. The number of aliphatic imine (C=N–C) groups is 1. The van der Waals surface area contributed by atoms with Crippen molar-refractivity contribution < 1.29 is 22.6 Å². The van der Waals surface area contributed by atoms with Gasteiger partial charge >= 0.3 is 6.18 Å². The Morgan fingerprint density at radius 3 is 2.67 bits per heavy atom. The minimum atomic E-state index is -4.56. The van der Waals surface area contributed by atoms with E-state index in [1.165, 1.54) is 12.1 Å². The molecule has 3 aliphatic heterocycles. The fraction of sp³-hybridized carbons (Fsp3) is 0.417. The number of fused-ring (bicyclic) bond motifs is 2. The van der Waals surface area contributed by atoms with Crippen molar-refractivity contribution in [1.29, 1.82) is 5.26 Å². The topological polar surface area (TPSA) is 83.9 Å². The molecule has 9 heteroatoms. The molecule has 2 aromatic carbocycles. The van der Waals surface area contributed by atoms with Crippen molar-refractivity contribution in [2.24, 2.45) is 10.7 Å². The van der Waals surface area contributed by atoms with Gasteiger partial charge in [-0.05, 0) is 54.3 Å². The van der Waals surface area contributed by atoms with Crippen molar-refractivity contribution in [2.75, 3.05) is 26.8 Å². The molecule has 2 aromatic rings. The van der Waals surface area contributed by atoms with Gasteiger partial charge in [-0.1, -0.05) is 6.07 Å². The molecule has 5 rings (SSSR count). The predicted octanol–water partition coefficient (Wildman–Crippen LogP) is 4.03. The first kappa shape index (κ1) is 21.6. The normalized spacial score (nSPS) is 26.6. The number of guanidine groups is 1. The van der Waals surface area contributed by atoms with E-state index in [0.29, 0.717) is 49.0 Å². The zero-order valence-corrected chi connectivity index (χ0v) is 18.1. The number of rotatable bonds is 1. The van der Waals surface area contributed by atoms with Crippen molar-refractivity contribution in [3.8, 4) is 22.9 Å². The van der Waals surface area contributed by atoms with Gasteiger partial charge in [-0.2, -0.15) is 18.4 Å². The van der Waals surface area contributed by atoms with Gasteiger partial charge in [0.05, 0.1) is 30.3 Å². The third kappa shape index (κ3) is 3.59. The lowest BCUT2D eigenvalue weighted by Gasteiger charge is -2.47. The summed E-state index contributed by atoms with van der Waals surface area (Å²) >= 11 is 0. The highest BCUT2D eigenvalue weighted by molar-refractivity contribution is 5.81. The van der Waals surface area contributed by atoms with Crippen LogP contribution >= 0.6 is 0 Å². The zero-order chi connectivity index (χ0) is 23.4. The summed E-state index contributed by atoms with van der Waals surface area (Å²) in [5.74, 6) is 0.954. The summed E-state index contributed by atoms with van der Waals surface area (Å²) in [5, 5.41) is 9.26. The van der Waals surface area contributed by atoms with Gasteiger partial charge in [0, 0.05) is 25.6 Å². The van der Waals surface area contributed by atoms with Crippen LogP contribution in [0.15, 0.2) is 41.4 Å². The Bertz CT molecular complexity index is 1180. The van der Waals surface area contributed by atoms with Crippen LogP contribution in [0.2, 0.25) is 0 Å². The second kappa shape index (κ2) is 7.39. The maximum absolute atomic E-state index is 13.8. The SMILES string of the molecule is CN1CC2(CC3(CCCOC3)Oc3ccc(-c4cc(C#N)ccc4C(F)(F)F)cc32)N=C1N. The molecule has 2 N–H and O–H groups in total. The molecule has 33 heavy (non-hydrogen) atoms. The van der Waals surface area contributed by atoms with E-state index in [2.05, 4.69) is 0 Å². The minimum Gasteiger partial charge on any atom is -0.484 e. The van der Waals surface area contributed by atoms with E-state index in [1.54, 1.807) is 18.2 Å². The third-order valence-electron chi connectivity index (χ3n) is 6.69. The molecule has 0 aliphatic carbocycles. The van der Waals surface area contributed by atoms with Gasteiger partial charge in [-0.3, -0.25) is 0 Å². The lowest BCUT2D eigenvalue weighted by atomic mass is 9.74. The molecular weight excluding hydrogens is 433 g/mol. The van der Waals surface area contributed by atoms with Gasteiger partial charge in [0.25, 0.3) is 0 Å². The van der Waals surface area contributed by atoms with Crippen LogP contribution in [0.3, 0.4) is 0 Å². The summed E-state index contributed by atoms with van der Waals surface area (Å²) in [7, 11) is 1.84. The van der Waals surface area contributed by atoms with Crippen molar-refractivity contribution in [2.45, 2.75) is 36.6 Å². The Hall–Kier alpha value is -3.25. The summed E-state index contributed by atoms with van der Waals surface area (Å²) in [6.45, 7) is 1.59. The molecule has 3 heterocycles. The maximum atomic E-state index is 13.8. The molecule has 0 saturated carbocycles. The van der Waals surface area contributed by atoms with Crippen LogP contribution in [0.4, 0.5) is 13.2 Å². The van der Waals surface area contributed by atoms with Crippen molar-refractivity contribution in [3.63, 3.8) is 0 Å². The molecule has 0 amide bonds. The van der Waals surface area contributed by atoms with E-state index in [4.69, 9.17) is 20.2 Å². The Labute approximate surface area is 189 Å². The summed E-state index contributed by atoms with van der Waals surface area (Å²) in [4.78, 5) is 6.65. The molecule has 0 aromatic heterocycles. The predicted molar refractivity (Wildman–Crippen MR) is 116 cm³/mol. The first-order valence-electron chi connectivity index (χ1n) is 10.7. The first-order chi connectivity index (χ1) is 15.6. The van der Waals surface area contributed by atoms with Crippen LogP contribution in [-0.4, -0.2) is 43.3 Å². The number of hydrogen-bond donors (Lipinski definition) is 1. The molecule has 0 radical (unpaired) electrons. The number of nitriles is 1. The quantitative estimate of drug-likeness (QED) is 0.701. The van der Waals surface area contributed by atoms with Gasteiger partial charge in [-0.15, -0.1) is 0 Å². The summed E-state index contributed by atoms with van der Waals surface area (Å²) in [6.07, 6.45) is -2.38. The standard InChI is InChI=1S/C24H23F3N4O2/c1-31-13-23(30-21(31)29)12-22(7-2-8-32-14-22)33-20-6-4-16(10-19(20)23)17-9-15(11-28)3-5-18(17)24(25,26)27/h3-6,9-10H,2,7-8,12-14H2,1H3,(H2,29,30). The second-order valence-corrected chi connectivity index (χ2v) is 9.06. The Balaban J connectivity index is 1.68. The average Bonchev–Trinajstić information content (AvgIpc) is 3.06. The molecule has 2 atom stereocenters. The summed E-state index contributed by atoms with van der Waals surface area (Å²) < 4.78 is 53.5. The van der Waals surface area contributed by atoms with Crippen LogP contribution < -0.4 is 10.5 Å². The average molecular weight is 456 g/mol. The monoisotopic (exact) mass is 456 g/mol. The largest absolute Gasteiger partial charge is 0.484 e. The van der Waals surface area contributed by atoms with Crippen LogP contribution in [0.1, 0.15) is 36.0 Å². The lowest BCUT2D eigenvalue weighted by Crippen LogP contribution is -2.53. The number of nitrogens with zero attached hydrogens (tertiary/aromatic N) is 3. The van der Waals surface area contributed by atoms with E-state index in [-0.39, 0.29) is 11.1 Å². The minimum absolute atomic E-state index is 0.0518. The van der Waals surface area contributed by atoms with E-state index in [1.807, 2.05) is 18.0 Å². The third-order valence-corrected chi connectivity index (χ3v) is 6.69. The second-order valence-electron chi connectivity index (χ2n) is 9.06. The van der Waals surface area contributed by atoms with Crippen LogP contribution in [0.25, 0.3) is 11.1 Å². The van der Waals surface area contributed by atoms with Gasteiger partial charge in [0.2, 0.25) is 0 Å². The maximum Gasteiger partial charge on any atom is 0.417 e. The first-order valence-corrected chi connectivity index (χ1v) is 10.7. The lowest BCUT2D eigenvalue weighted by molar-refractivity contribution is -0.137. The molecule has 1 saturated heterocycles. The Morgan fingerprint density at radius 1 is 1.21 bits per heavy atom. The van der Waals surface area contributed by atoms with Gasteiger partial charge < -0.3 is 20.1 Å². The highest BCUT2D eigenvalue weighted by Crippen LogP contribution is 2.51. The molecule has 1 fully saturated rings. The van der Waals surface area contributed by atoms with Crippen molar-refractivity contribution in [1.82, 2.24) is 4.90 Å². The van der Waals surface area contributed by atoms with Crippen LogP contribution in [0, 0.1) is 11.3 Å². The van der Waals surface area contributed by atoms with Crippen LogP contribution in [0.5, 0.6) is 5.75 Å². The number of nitrogens with two attached hydrogens (primary N) is 1. The fourth-order valence-electron chi connectivity index (χ4n) is 5.25.